The fourth-order valence-corrected chi connectivity index (χ4v) is 3.64. The number of aryl methyl sites for hydroxylation is 3. The van der Waals surface area contributed by atoms with E-state index in [4.69, 9.17) is 5.73 Å². The number of carbonyl (C=O) groups excluding carboxylic acids is 1. The molecule has 1 amide bonds. The minimum atomic E-state index is -0.132. The number of H-pyrrole nitrogens is 1. The molecule has 1 aliphatic heterocycles. The molecule has 2 aromatic rings. The van der Waals surface area contributed by atoms with Crippen molar-refractivity contribution in [3.8, 4) is 0 Å². The van der Waals surface area contributed by atoms with Crippen LogP contribution in [0.25, 0.3) is 11.0 Å². The van der Waals surface area contributed by atoms with Gasteiger partial charge in [-0.25, -0.2) is 4.98 Å². The first-order chi connectivity index (χ1) is 11.4. The van der Waals surface area contributed by atoms with Crippen molar-refractivity contribution in [3.63, 3.8) is 0 Å². The van der Waals surface area contributed by atoms with Crippen LogP contribution in [0.15, 0.2) is 4.79 Å². The van der Waals surface area contributed by atoms with E-state index in [0.717, 1.165) is 36.2 Å². The van der Waals surface area contributed by atoms with Crippen LogP contribution in [0.3, 0.4) is 0 Å². The second kappa shape index (κ2) is 8.88. The van der Waals surface area contributed by atoms with Gasteiger partial charge in [0.25, 0.3) is 5.56 Å². The number of aromatic nitrogens is 3. The van der Waals surface area contributed by atoms with Crippen LogP contribution in [0, 0.1) is 13.8 Å². The third-order valence-corrected chi connectivity index (χ3v) is 4.98. The summed E-state index contributed by atoms with van der Waals surface area (Å²) >= 11 is 0. The summed E-state index contributed by atoms with van der Waals surface area (Å²) < 4.78 is 1.64. The maximum absolute atomic E-state index is 12.5. The summed E-state index contributed by atoms with van der Waals surface area (Å²) in [5, 5.41) is 3.36. The number of pyridine rings is 1. The highest BCUT2D eigenvalue weighted by Crippen LogP contribution is 2.21. The third-order valence-electron chi connectivity index (χ3n) is 4.98. The van der Waals surface area contributed by atoms with E-state index < -0.39 is 0 Å². The molecule has 3 rings (SSSR count). The Morgan fingerprint density at radius 2 is 2.04 bits per heavy atom. The molecule has 1 saturated heterocycles. The number of amides is 1. The summed E-state index contributed by atoms with van der Waals surface area (Å²) in [6.45, 7) is 5.30. The number of aromatic amines is 1. The molecule has 1 fully saturated rings. The van der Waals surface area contributed by atoms with Crippen molar-refractivity contribution < 1.29 is 4.79 Å². The highest BCUT2D eigenvalue weighted by molar-refractivity contribution is 5.85. The second-order valence-corrected chi connectivity index (χ2v) is 6.74. The van der Waals surface area contributed by atoms with E-state index in [9.17, 15) is 9.59 Å². The molecule has 3 N–H and O–H groups in total. The number of nitrogens with one attached hydrogen (secondary N) is 1. The Morgan fingerprint density at radius 1 is 1.35 bits per heavy atom. The third kappa shape index (κ3) is 4.22. The summed E-state index contributed by atoms with van der Waals surface area (Å²) in [4.78, 5) is 31.0. The highest BCUT2D eigenvalue weighted by atomic mass is 35.5. The zero-order valence-corrected chi connectivity index (χ0v) is 17.0. The van der Waals surface area contributed by atoms with Crippen LogP contribution in [0.2, 0.25) is 0 Å². The summed E-state index contributed by atoms with van der Waals surface area (Å²) in [6.07, 6.45) is 2.98. The lowest BCUT2D eigenvalue weighted by atomic mass is 9.99. The summed E-state index contributed by atoms with van der Waals surface area (Å²) in [6, 6.07) is 0.0899. The molecule has 9 heteroatoms. The van der Waals surface area contributed by atoms with Gasteiger partial charge in [-0.15, -0.1) is 24.8 Å². The van der Waals surface area contributed by atoms with Gasteiger partial charge in [0.2, 0.25) is 5.91 Å². The van der Waals surface area contributed by atoms with E-state index >= 15 is 0 Å². The molecule has 2 aromatic heterocycles. The van der Waals surface area contributed by atoms with Crippen molar-refractivity contribution >= 4 is 41.8 Å². The molecule has 0 radical (unpaired) electrons. The van der Waals surface area contributed by atoms with Crippen LogP contribution in [0.1, 0.15) is 36.1 Å². The lowest BCUT2D eigenvalue weighted by Gasteiger charge is -2.31. The Hall–Kier alpha value is -1.57. The van der Waals surface area contributed by atoms with E-state index in [1.54, 1.807) is 11.7 Å². The van der Waals surface area contributed by atoms with Crippen LogP contribution in [-0.4, -0.2) is 44.7 Å². The molecule has 0 aliphatic carbocycles. The minimum absolute atomic E-state index is 0. The van der Waals surface area contributed by atoms with Crippen molar-refractivity contribution in [1.82, 2.24) is 19.7 Å². The summed E-state index contributed by atoms with van der Waals surface area (Å²) in [5.74, 6) is 0.131. The zero-order valence-electron chi connectivity index (χ0n) is 15.4. The average molecular weight is 404 g/mol. The predicted molar refractivity (Wildman–Crippen MR) is 107 cm³/mol. The lowest BCUT2D eigenvalue weighted by molar-refractivity contribution is -0.132. The second-order valence-electron chi connectivity index (χ2n) is 6.74. The van der Waals surface area contributed by atoms with Crippen LogP contribution in [0.4, 0.5) is 0 Å². The van der Waals surface area contributed by atoms with Crippen molar-refractivity contribution in [2.75, 3.05) is 13.1 Å². The molecule has 1 aliphatic rings. The van der Waals surface area contributed by atoms with Crippen LogP contribution in [-0.2, 0) is 18.3 Å². The molecule has 0 saturated carbocycles. The van der Waals surface area contributed by atoms with E-state index in [-0.39, 0.29) is 42.3 Å². The first kappa shape index (κ1) is 22.5. The van der Waals surface area contributed by atoms with Gasteiger partial charge in [-0.3, -0.25) is 19.4 Å². The summed E-state index contributed by atoms with van der Waals surface area (Å²) in [5.41, 5.74) is 9.27. The number of rotatable bonds is 3. The SMILES string of the molecule is Cc1nc2c(c(C)c1CCC(=O)N1CCCC(N)C1)c(=O)[nH]n2C.Cl.Cl. The first-order valence-corrected chi connectivity index (χ1v) is 8.46. The molecular formula is C17H27Cl2N5O2. The van der Waals surface area contributed by atoms with Gasteiger partial charge in [-0.1, -0.05) is 0 Å². The largest absolute Gasteiger partial charge is 0.341 e. The van der Waals surface area contributed by atoms with E-state index in [1.165, 1.54) is 0 Å². The molecule has 146 valence electrons. The normalized spacial score (nSPS) is 16.9. The van der Waals surface area contributed by atoms with E-state index in [0.29, 0.717) is 30.4 Å². The maximum atomic E-state index is 12.5. The number of fused-ring (bicyclic) bond motifs is 1. The number of hydrogen-bond donors (Lipinski definition) is 2. The number of halogens is 2. The van der Waals surface area contributed by atoms with Gasteiger partial charge in [-0.05, 0) is 44.2 Å². The van der Waals surface area contributed by atoms with Gasteiger partial charge < -0.3 is 10.6 Å². The van der Waals surface area contributed by atoms with Gasteiger partial charge >= 0.3 is 0 Å². The molecule has 26 heavy (non-hydrogen) atoms. The minimum Gasteiger partial charge on any atom is -0.341 e. The number of likely N-dealkylation sites (tertiary alicyclic amines) is 1. The van der Waals surface area contributed by atoms with Crippen molar-refractivity contribution in [3.05, 3.63) is 27.2 Å². The van der Waals surface area contributed by atoms with Gasteiger partial charge in [0.1, 0.15) is 0 Å². The van der Waals surface area contributed by atoms with Crippen molar-refractivity contribution in [2.45, 2.75) is 45.6 Å². The Balaban J connectivity index is 0.00000169. The standard InChI is InChI=1S/C17H25N5O2.2ClH/c1-10-13(6-7-14(23)22-8-4-5-12(18)9-22)11(2)19-16-15(10)17(24)20-21(16)3;;/h12H,4-9,18H2,1-3H3,(H,20,24);2*1H. The summed E-state index contributed by atoms with van der Waals surface area (Å²) in [7, 11) is 1.78. The molecule has 0 aromatic carbocycles. The fraction of sp³-hybridized carbons (Fsp3) is 0.588. The van der Waals surface area contributed by atoms with E-state index in [1.807, 2.05) is 18.7 Å². The van der Waals surface area contributed by atoms with Crippen molar-refractivity contribution in [2.24, 2.45) is 12.8 Å². The number of piperidine rings is 1. The Kier molecular flexibility index (Phi) is 7.68. The number of nitrogens with two attached hydrogens (primary N) is 1. The number of hydrogen-bond acceptors (Lipinski definition) is 4. The molecule has 3 heterocycles. The Morgan fingerprint density at radius 3 is 2.69 bits per heavy atom. The van der Waals surface area contributed by atoms with Crippen molar-refractivity contribution in [1.29, 1.82) is 0 Å². The molecule has 1 unspecified atom stereocenters. The van der Waals surface area contributed by atoms with Gasteiger partial charge in [-0.2, -0.15) is 0 Å². The topological polar surface area (TPSA) is 97.0 Å². The highest BCUT2D eigenvalue weighted by Gasteiger charge is 2.22. The van der Waals surface area contributed by atoms with Crippen LogP contribution >= 0.6 is 24.8 Å². The zero-order chi connectivity index (χ0) is 17.4. The van der Waals surface area contributed by atoms with Crippen LogP contribution < -0.4 is 11.3 Å². The first-order valence-electron chi connectivity index (χ1n) is 8.46. The lowest BCUT2D eigenvalue weighted by Crippen LogP contribution is -2.45. The maximum Gasteiger partial charge on any atom is 0.273 e. The van der Waals surface area contributed by atoms with Gasteiger partial charge in [0.15, 0.2) is 5.65 Å². The smallest absolute Gasteiger partial charge is 0.273 e. The number of carbonyl (C=O) groups is 1. The Labute approximate surface area is 165 Å². The van der Waals surface area contributed by atoms with Gasteiger partial charge in [0, 0.05) is 38.3 Å². The number of nitrogens with zero attached hydrogens (tertiary/aromatic N) is 3. The predicted octanol–water partition coefficient (Wildman–Crippen LogP) is 1.60. The average Bonchev–Trinajstić information content (AvgIpc) is 2.81. The van der Waals surface area contributed by atoms with Crippen LogP contribution in [0.5, 0.6) is 0 Å². The van der Waals surface area contributed by atoms with Gasteiger partial charge in [0.05, 0.1) is 5.39 Å². The Bertz CT molecular complexity index is 846. The molecular weight excluding hydrogens is 377 g/mol. The quantitative estimate of drug-likeness (QED) is 0.812. The monoisotopic (exact) mass is 403 g/mol. The molecule has 0 bridgehead atoms. The van der Waals surface area contributed by atoms with E-state index in [2.05, 4.69) is 10.1 Å². The fourth-order valence-electron chi connectivity index (χ4n) is 3.64. The molecule has 7 nitrogen and oxygen atoms in total. The molecule has 0 spiro atoms. The molecule has 1 atom stereocenters.